The van der Waals surface area contributed by atoms with Gasteiger partial charge in [-0.15, -0.1) is 0 Å². The molecule has 1 heteroatoms. The minimum Gasteiger partial charge on any atom is -0.0656 e. The monoisotopic (exact) mass is 164 g/mol. The van der Waals surface area contributed by atoms with Crippen molar-refractivity contribution in [3.8, 4) is 0 Å². The summed E-state index contributed by atoms with van der Waals surface area (Å²) in [4.78, 5) is 0. The summed E-state index contributed by atoms with van der Waals surface area (Å²) >= 11 is 0. The van der Waals surface area contributed by atoms with Gasteiger partial charge in [-0.2, -0.15) is 0 Å². The van der Waals surface area contributed by atoms with Gasteiger partial charge in [-0.1, -0.05) is 20.3 Å². The standard InChI is InChI=1S/C3H8.Sn/c1-3-2;/h3H2,1-2H3;. The Bertz CT molecular complexity index is 3.25. The number of rotatable bonds is 0. The first-order valence-corrected chi connectivity index (χ1v) is 1.41. The Balaban J connectivity index is 0. The van der Waals surface area contributed by atoms with Crippen molar-refractivity contribution in [1.29, 1.82) is 0 Å². The van der Waals surface area contributed by atoms with Crippen molar-refractivity contribution in [3.63, 3.8) is 0 Å². The van der Waals surface area contributed by atoms with E-state index >= 15 is 0 Å². The Morgan fingerprint density at radius 3 is 1.25 bits per heavy atom. The van der Waals surface area contributed by atoms with Crippen molar-refractivity contribution in [2.75, 3.05) is 0 Å². The average molecular weight is 163 g/mol. The molecule has 0 fully saturated rings. The molecule has 0 unspecified atom stereocenters. The summed E-state index contributed by atoms with van der Waals surface area (Å²) in [7, 11) is 0. The molecule has 4 heavy (non-hydrogen) atoms. The second kappa shape index (κ2) is 9.20. The van der Waals surface area contributed by atoms with Crippen LogP contribution in [0.2, 0.25) is 0 Å². The van der Waals surface area contributed by atoms with Gasteiger partial charge >= 0.3 is 0 Å². The molecule has 0 aliphatic heterocycles. The zero-order chi connectivity index (χ0) is 2.71. The first-order chi connectivity index (χ1) is 1.41. The van der Waals surface area contributed by atoms with E-state index in [1.165, 1.54) is 6.42 Å². The van der Waals surface area contributed by atoms with E-state index in [0.29, 0.717) is 0 Å². The SMILES string of the molecule is CCC.[Sn]. The Hall–Kier alpha value is 0.799. The van der Waals surface area contributed by atoms with Gasteiger partial charge in [0.15, 0.2) is 0 Å². The van der Waals surface area contributed by atoms with Crippen LogP contribution in [0.3, 0.4) is 0 Å². The molecule has 0 heterocycles. The molecule has 0 aromatic heterocycles. The van der Waals surface area contributed by atoms with Crippen LogP contribution in [-0.4, -0.2) is 23.9 Å². The molecular formula is C3H8Sn. The topological polar surface area (TPSA) is 0 Å². The van der Waals surface area contributed by atoms with Gasteiger partial charge in [0, 0.05) is 23.9 Å². The van der Waals surface area contributed by atoms with Crippen molar-refractivity contribution in [3.05, 3.63) is 0 Å². The molecule has 0 aliphatic rings. The quantitative estimate of drug-likeness (QED) is 0.467. The summed E-state index contributed by atoms with van der Waals surface area (Å²) in [6.07, 6.45) is 1.25. The minimum atomic E-state index is 0. The third-order valence-corrected chi connectivity index (χ3v) is 0. The van der Waals surface area contributed by atoms with Crippen molar-refractivity contribution < 1.29 is 0 Å². The fraction of sp³-hybridized carbons (Fsp3) is 1.00. The van der Waals surface area contributed by atoms with Gasteiger partial charge in [0.2, 0.25) is 0 Å². The van der Waals surface area contributed by atoms with Crippen molar-refractivity contribution >= 4 is 23.9 Å². The van der Waals surface area contributed by atoms with Crippen LogP contribution in [0.4, 0.5) is 0 Å². The van der Waals surface area contributed by atoms with E-state index in [0.717, 1.165) is 0 Å². The third-order valence-electron chi connectivity index (χ3n) is 0. The van der Waals surface area contributed by atoms with E-state index in [-0.39, 0.29) is 23.9 Å². The maximum atomic E-state index is 2.12. The van der Waals surface area contributed by atoms with E-state index in [9.17, 15) is 0 Å². The zero-order valence-corrected chi connectivity index (χ0v) is 6.06. The Labute approximate surface area is 44.5 Å². The van der Waals surface area contributed by atoms with Crippen molar-refractivity contribution in [1.82, 2.24) is 0 Å². The van der Waals surface area contributed by atoms with Gasteiger partial charge in [-0.25, -0.2) is 0 Å². The van der Waals surface area contributed by atoms with Gasteiger partial charge < -0.3 is 0 Å². The molecule has 24 valence electrons. The van der Waals surface area contributed by atoms with Gasteiger partial charge in [0.1, 0.15) is 0 Å². The van der Waals surface area contributed by atoms with E-state index in [2.05, 4.69) is 13.8 Å². The minimum absolute atomic E-state index is 0. The largest absolute Gasteiger partial charge is 0.0656 e. The molecular weight excluding hydrogens is 155 g/mol. The molecule has 0 saturated heterocycles. The van der Waals surface area contributed by atoms with E-state index < -0.39 is 0 Å². The molecule has 0 bridgehead atoms. The van der Waals surface area contributed by atoms with Crippen LogP contribution in [0.1, 0.15) is 20.3 Å². The van der Waals surface area contributed by atoms with Crippen LogP contribution in [0.5, 0.6) is 0 Å². The maximum Gasteiger partial charge on any atom is 0 e. The van der Waals surface area contributed by atoms with Gasteiger partial charge in [-0.05, 0) is 0 Å². The van der Waals surface area contributed by atoms with Crippen molar-refractivity contribution in [2.45, 2.75) is 20.3 Å². The van der Waals surface area contributed by atoms with Crippen LogP contribution in [-0.2, 0) is 0 Å². The number of hydrogen-bond acceptors (Lipinski definition) is 0. The summed E-state index contributed by atoms with van der Waals surface area (Å²) in [5.74, 6) is 0. The van der Waals surface area contributed by atoms with Gasteiger partial charge in [0.05, 0.1) is 0 Å². The molecule has 0 aliphatic carbocycles. The first-order valence-electron chi connectivity index (χ1n) is 1.41. The molecule has 0 spiro atoms. The summed E-state index contributed by atoms with van der Waals surface area (Å²) in [5, 5.41) is 0. The maximum absolute atomic E-state index is 2.12. The number of hydrogen-bond donors (Lipinski definition) is 0. The normalized spacial score (nSPS) is 4.50. The molecule has 0 aromatic carbocycles. The molecule has 0 saturated carbocycles. The molecule has 0 N–H and O–H groups in total. The average Bonchev–Trinajstić information content (AvgIpc) is 0.918. The van der Waals surface area contributed by atoms with Crippen LogP contribution >= 0.6 is 0 Å². The predicted molar refractivity (Wildman–Crippen MR) is 21.7 cm³/mol. The fourth-order valence-electron chi connectivity index (χ4n) is 0. The molecule has 0 aromatic rings. The summed E-state index contributed by atoms with van der Waals surface area (Å²) in [5.41, 5.74) is 0. The molecule has 0 rings (SSSR count). The zero-order valence-electron chi connectivity index (χ0n) is 3.21. The summed E-state index contributed by atoms with van der Waals surface area (Å²) in [6, 6.07) is 0. The Kier molecular flexibility index (Phi) is 20.3. The van der Waals surface area contributed by atoms with Crippen LogP contribution in [0.25, 0.3) is 0 Å². The fourth-order valence-corrected chi connectivity index (χ4v) is 0. The molecule has 4 radical (unpaired) electrons. The van der Waals surface area contributed by atoms with Gasteiger partial charge in [-0.3, -0.25) is 0 Å². The van der Waals surface area contributed by atoms with E-state index in [1.807, 2.05) is 0 Å². The molecule has 0 amide bonds. The predicted octanol–water partition coefficient (Wildman–Crippen LogP) is 1.04. The van der Waals surface area contributed by atoms with Crippen LogP contribution in [0, 0.1) is 0 Å². The van der Waals surface area contributed by atoms with Crippen LogP contribution in [0.15, 0.2) is 0 Å². The second-order valence-electron chi connectivity index (χ2n) is 0.707. The van der Waals surface area contributed by atoms with Gasteiger partial charge in [0.25, 0.3) is 0 Å². The van der Waals surface area contributed by atoms with E-state index in [4.69, 9.17) is 0 Å². The molecule has 0 nitrogen and oxygen atoms in total. The Morgan fingerprint density at radius 2 is 1.25 bits per heavy atom. The summed E-state index contributed by atoms with van der Waals surface area (Å²) in [6.45, 7) is 4.25. The van der Waals surface area contributed by atoms with Crippen molar-refractivity contribution in [2.24, 2.45) is 0 Å². The smallest absolute Gasteiger partial charge is 0 e. The molecule has 0 atom stereocenters. The third kappa shape index (κ3) is 14.2. The van der Waals surface area contributed by atoms with E-state index in [1.54, 1.807) is 0 Å². The second-order valence-corrected chi connectivity index (χ2v) is 0.707. The first kappa shape index (κ1) is 8.84. The Morgan fingerprint density at radius 1 is 1.25 bits per heavy atom. The van der Waals surface area contributed by atoms with Crippen LogP contribution < -0.4 is 0 Å². The summed E-state index contributed by atoms with van der Waals surface area (Å²) < 4.78 is 0.